The normalized spacial score (nSPS) is 17.0. The van der Waals surface area contributed by atoms with E-state index in [9.17, 15) is 0 Å². The highest BCUT2D eigenvalue weighted by Crippen LogP contribution is 2.41. The van der Waals surface area contributed by atoms with Gasteiger partial charge < -0.3 is 0 Å². The summed E-state index contributed by atoms with van der Waals surface area (Å²) in [5.74, 6) is 1.41. The molecule has 0 saturated heterocycles. The lowest BCUT2D eigenvalue weighted by Gasteiger charge is -2.30. The Labute approximate surface area is 280 Å². The number of nitrogens with zero attached hydrogens (tertiary/aromatic N) is 3. The molecule has 9 rings (SSSR count). The quantitative estimate of drug-likeness (QED) is 0.193. The van der Waals surface area contributed by atoms with Crippen LogP contribution in [0.5, 0.6) is 0 Å². The topological polar surface area (TPSA) is 38.1 Å². The van der Waals surface area contributed by atoms with Crippen LogP contribution in [0.1, 0.15) is 24.3 Å². The fourth-order valence-corrected chi connectivity index (χ4v) is 7.45. The Hall–Kier alpha value is -5.93. The summed E-state index contributed by atoms with van der Waals surface area (Å²) in [5, 5.41) is 4.80. The fraction of sp³-hybridized carbons (Fsp3) is 0.0889. The van der Waals surface area contributed by atoms with Crippen LogP contribution in [0.2, 0.25) is 0 Å². The van der Waals surface area contributed by atoms with Gasteiger partial charge in [0.05, 0.1) is 5.69 Å². The van der Waals surface area contributed by atoms with E-state index in [0.717, 1.165) is 57.6 Å². The van der Waals surface area contributed by atoms with Crippen LogP contribution in [0.25, 0.3) is 66.4 Å². The van der Waals surface area contributed by atoms with E-state index in [4.69, 9.17) is 9.97 Å². The minimum atomic E-state index is 0.241. The number of rotatable bonds is 5. The zero-order valence-corrected chi connectivity index (χ0v) is 26.5. The number of hydrogen-bond acceptors (Lipinski definition) is 3. The summed E-state index contributed by atoms with van der Waals surface area (Å²) in [7, 11) is 0. The number of fused-ring (bicyclic) bond motifs is 3. The lowest BCUT2D eigenvalue weighted by Crippen LogP contribution is -2.20. The first kappa shape index (κ1) is 28.3. The Bertz CT molecular complexity index is 2430. The van der Waals surface area contributed by atoms with E-state index in [1.165, 1.54) is 32.9 Å². The summed E-state index contributed by atoms with van der Waals surface area (Å²) in [6.45, 7) is 0. The van der Waals surface area contributed by atoms with Gasteiger partial charge in [-0.05, 0) is 80.3 Å². The molecule has 2 aliphatic rings. The van der Waals surface area contributed by atoms with Crippen LogP contribution in [0, 0.1) is 5.92 Å². The zero-order valence-electron chi connectivity index (χ0n) is 26.5. The summed E-state index contributed by atoms with van der Waals surface area (Å²) in [5.41, 5.74) is 10.1. The summed E-state index contributed by atoms with van der Waals surface area (Å²) >= 11 is 0. The monoisotopic (exact) mass is 615 g/mol. The second-order valence-corrected chi connectivity index (χ2v) is 12.8. The number of allylic oxidation sites excluding steroid dienone is 3. The second-order valence-electron chi connectivity index (χ2n) is 12.8. The van der Waals surface area contributed by atoms with E-state index in [1.54, 1.807) is 0 Å². The SMILES string of the molecule is C1=CC2=CN=CC(c3cccc(-c4cnc(-c5cccc6ccccc56)nc4-c4cccc(-c5ccc6ccccc6c5)c4)c3)C2CC1. The highest BCUT2D eigenvalue weighted by Gasteiger charge is 2.28. The molecule has 1 aliphatic carbocycles. The molecule has 2 heterocycles. The highest BCUT2D eigenvalue weighted by atomic mass is 14.9. The van der Waals surface area contributed by atoms with E-state index < -0.39 is 0 Å². The third-order valence-corrected chi connectivity index (χ3v) is 9.91. The van der Waals surface area contributed by atoms with E-state index in [2.05, 4.69) is 157 Å². The van der Waals surface area contributed by atoms with Crippen molar-refractivity contribution in [3.05, 3.63) is 169 Å². The Kier molecular flexibility index (Phi) is 7.09. The molecule has 0 N–H and O–H groups in total. The third kappa shape index (κ3) is 5.14. The van der Waals surface area contributed by atoms with Gasteiger partial charge in [-0.2, -0.15) is 0 Å². The van der Waals surface area contributed by atoms with E-state index in [0.29, 0.717) is 5.92 Å². The van der Waals surface area contributed by atoms with Crippen LogP contribution >= 0.6 is 0 Å². The maximum absolute atomic E-state index is 5.38. The van der Waals surface area contributed by atoms with Crippen LogP contribution in [0.15, 0.2) is 169 Å². The average molecular weight is 616 g/mol. The van der Waals surface area contributed by atoms with Crippen molar-refractivity contribution in [1.29, 1.82) is 0 Å². The third-order valence-electron chi connectivity index (χ3n) is 9.91. The van der Waals surface area contributed by atoms with Crippen LogP contribution in [-0.2, 0) is 0 Å². The Balaban J connectivity index is 1.19. The summed E-state index contributed by atoms with van der Waals surface area (Å²) < 4.78 is 0. The van der Waals surface area contributed by atoms with Gasteiger partial charge >= 0.3 is 0 Å². The van der Waals surface area contributed by atoms with Gasteiger partial charge in [0.15, 0.2) is 5.82 Å². The first-order chi connectivity index (χ1) is 23.8. The van der Waals surface area contributed by atoms with Crippen molar-refractivity contribution in [2.24, 2.45) is 10.9 Å². The molecule has 7 aromatic rings. The van der Waals surface area contributed by atoms with Crippen LogP contribution < -0.4 is 0 Å². The molecule has 2 atom stereocenters. The van der Waals surface area contributed by atoms with Crippen molar-refractivity contribution >= 4 is 27.8 Å². The molecule has 0 fully saturated rings. The van der Waals surface area contributed by atoms with Crippen molar-refractivity contribution < 1.29 is 0 Å². The first-order valence-electron chi connectivity index (χ1n) is 16.7. The average Bonchev–Trinajstić information content (AvgIpc) is 3.17. The molecule has 6 aromatic carbocycles. The largest absolute Gasteiger partial charge is 0.268 e. The van der Waals surface area contributed by atoms with Gasteiger partial charge in [-0.15, -0.1) is 0 Å². The molecule has 3 nitrogen and oxygen atoms in total. The molecule has 0 radical (unpaired) electrons. The van der Waals surface area contributed by atoms with Gasteiger partial charge in [0.25, 0.3) is 0 Å². The Morgan fingerprint density at radius 1 is 0.583 bits per heavy atom. The number of hydrogen-bond donors (Lipinski definition) is 0. The summed E-state index contributed by atoms with van der Waals surface area (Å²) in [6.07, 6.45) is 12.9. The van der Waals surface area contributed by atoms with Gasteiger partial charge in [0, 0.05) is 41.2 Å². The maximum atomic E-state index is 5.38. The lowest BCUT2D eigenvalue weighted by atomic mass is 9.75. The Morgan fingerprint density at radius 2 is 1.35 bits per heavy atom. The molecule has 1 aromatic heterocycles. The molecule has 3 heteroatoms. The molecule has 0 bridgehead atoms. The molecule has 0 saturated carbocycles. The minimum absolute atomic E-state index is 0.241. The van der Waals surface area contributed by atoms with E-state index in [1.807, 2.05) is 12.4 Å². The smallest absolute Gasteiger partial charge is 0.160 e. The van der Waals surface area contributed by atoms with Gasteiger partial charge in [-0.25, -0.2) is 9.97 Å². The minimum Gasteiger partial charge on any atom is -0.268 e. The van der Waals surface area contributed by atoms with Gasteiger partial charge in [-0.3, -0.25) is 4.99 Å². The molecule has 0 spiro atoms. The molecule has 1 aliphatic heterocycles. The molecular formula is C45H33N3. The molecular weight excluding hydrogens is 583 g/mol. The number of aromatic nitrogens is 2. The van der Waals surface area contributed by atoms with Gasteiger partial charge in [-0.1, -0.05) is 133 Å². The molecule has 48 heavy (non-hydrogen) atoms. The zero-order chi connectivity index (χ0) is 31.9. The number of aliphatic imine (C=N–C) groups is 1. The Morgan fingerprint density at radius 3 is 2.31 bits per heavy atom. The predicted molar refractivity (Wildman–Crippen MR) is 200 cm³/mol. The van der Waals surface area contributed by atoms with Crippen LogP contribution in [0.3, 0.4) is 0 Å². The first-order valence-corrected chi connectivity index (χ1v) is 16.7. The van der Waals surface area contributed by atoms with Crippen LogP contribution in [0.4, 0.5) is 0 Å². The van der Waals surface area contributed by atoms with E-state index >= 15 is 0 Å². The highest BCUT2D eigenvalue weighted by molar-refractivity contribution is 5.96. The van der Waals surface area contributed by atoms with Gasteiger partial charge in [0.2, 0.25) is 0 Å². The van der Waals surface area contributed by atoms with Crippen molar-refractivity contribution in [2.45, 2.75) is 18.8 Å². The maximum Gasteiger partial charge on any atom is 0.160 e. The van der Waals surface area contributed by atoms with E-state index in [-0.39, 0.29) is 5.92 Å². The van der Waals surface area contributed by atoms with Crippen molar-refractivity contribution in [3.63, 3.8) is 0 Å². The predicted octanol–water partition coefficient (Wildman–Crippen LogP) is 11.5. The van der Waals surface area contributed by atoms with Gasteiger partial charge in [0.1, 0.15) is 0 Å². The standard InChI is InChI=1S/C45H33N3/c1-2-12-32-24-34(23-22-30(32)10-1)33-15-7-18-37(25-33)44-43(29-47-45(48-44)41-21-9-14-31-11-3-5-19-39(31)41)36-17-8-16-35(26-36)42-28-46-27-38-13-4-6-20-40(38)42/h1-5,7-19,21-29,40,42H,6,20H2. The summed E-state index contributed by atoms with van der Waals surface area (Å²) in [4.78, 5) is 15.1. The lowest BCUT2D eigenvalue weighted by molar-refractivity contribution is 0.528. The second kappa shape index (κ2) is 12.0. The number of benzene rings is 6. The molecule has 0 amide bonds. The molecule has 228 valence electrons. The summed E-state index contributed by atoms with van der Waals surface area (Å²) in [6, 6.07) is 47.7. The molecule has 2 unspecified atom stereocenters. The van der Waals surface area contributed by atoms with Crippen molar-refractivity contribution in [2.75, 3.05) is 0 Å². The van der Waals surface area contributed by atoms with Crippen molar-refractivity contribution in [3.8, 4) is 44.9 Å². The van der Waals surface area contributed by atoms with Crippen molar-refractivity contribution in [1.82, 2.24) is 9.97 Å². The van der Waals surface area contributed by atoms with Crippen LogP contribution in [-0.4, -0.2) is 16.2 Å². The fourth-order valence-electron chi connectivity index (χ4n) is 7.45.